The van der Waals surface area contributed by atoms with Gasteiger partial charge >= 0.3 is 0 Å². The molecule has 0 spiro atoms. The molecule has 0 saturated heterocycles. The minimum atomic E-state index is 0.731. The van der Waals surface area contributed by atoms with Crippen LogP contribution in [0.2, 0.25) is 0 Å². The van der Waals surface area contributed by atoms with Crippen molar-refractivity contribution in [1.82, 2.24) is 0 Å². The number of rotatable bonds is 5. The van der Waals surface area contributed by atoms with E-state index in [0.29, 0.717) is 0 Å². The van der Waals surface area contributed by atoms with Crippen LogP contribution in [0.5, 0.6) is 0 Å². The predicted octanol–water partition coefficient (Wildman–Crippen LogP) is 4.31. The van der Waals surface area contributed by atoms with Gasteiger partial charge in [-0.15, -0.1) is 11.8 Å². The molecule has 1 aromatic carbocycles. The second kappa shape index (κ2) is 5.82. The lowest BCUT2D eigenvalue weighted by molar-refractivity contribution is 0.490. The fraction of sp³-hybridized carbons (Fsp3) is 0.286. The molecule has 0 atom stereocenters. The highest BCUT2D eigenvalue weighted by Crippen LogP contribution is 2.27. The molecular weight excluding hydrogens is 230 g/mol. The van der Waals surface area contributed by atoms with Crippen molar-refractivity contribution in [2.24, 2.45) is 0 Å². The molecule has 2 nitrogen and oxygen atoms in total. The number of anilines is 1. The molecular formula is C14H17NOS. The molecule has 0 fully saturated rings. The molecule has 0 aliphatic rings. The molecule has 2 rings (SSSR count). The van der Waals surface area contributed by atoms with E-state index < -0.39 is 0 Å². The monoisotopic (exact) mass is 247 g/mol. The van der Waals surface area contributed by atoms with Crippen LogP contribution in [0.15, 0.2) is 45.7 Å². The molecule has 0 amide bonds. The third-order valence-corrected chi connectivity index (χ3v) is 3.39. The highest BCUT2D eigenvalue weighted by Gasteiger charge is 2.02. The van der Waals surface area contributed by atoms with E-state index in [-0.39, 0.29) is 0 Å². The van der Waals surface area contributed by atoms with Gasteiger partial charge in [0.15, 0.2) is 0 Å². The summed E-state index contributed by atoms with van der Waals surface area (Å²) in [6.45, 7) is 4.86. The van der Waals surface area contributed by atoms with Crippen molar-refractivity contribution >= 4 is 17.4 Å². The van der Waals surface area contributed by atoms with Gasteiger partial charge < -0.3 is 9.73 Å². The van der Waals surface area contributed by atoms with Crippen LogP contribution >= 0.6 is 11.8 Å². The zero-order valence-corrected chi connectivity index (χ0v) is 11.0. The van der Waals surface area contributed by atoms with Gasteiger partial charge in [0, 0.05) is 10.6 Å². The average molecular weight is 247 g/mol. The van der Waals surface area contributed by atoms with Gasteiger partial charge in [0.25, 0.3) is 0 Å². The van der Waals surface area contributed by atoms with E-state index in [0.717, 1.165) is 23.8 Å². The van der Waals surface area contributed by atoms with Crippen LogP contribution < -0.4 is 5.32 Å². The van der Waals surface area contributed by atoms with Crippen LogP contribution in [0.3, 0.4) is 0 Å². The number of benzene rings is 1. The van der Waals surface area contributed by atoms with Crippen LogP contribution in [0.25, 0.3) is 0 Å². The lowest BCUT2D eigenvalue weighted by Crippen LogP contribution is -1.99. The number of aryl methyl sites for hydroxylation is 1. The third kappa shape index (κ3) is 3.30. The summed E-state index contributed by atoms with van der Waals surface area (Å²) in [7, 11) is 0. The number of nitrogens with one attached hydrogen (secondary N) is 1. The van der Waals surface area contributed by atoms with Crippen LogP contribution in [0.1, 0.15) is 18.4 Å². The van der Waals surface area contributed by atoms with E-state index in [4.69, 9.17) is 4.42 Å². The van der Waals surface area contributed by atoms with Crippen molar-refractivity contribution in [3.63, 3.8) is 0 Å². The Morgan fingerprint density at radius 1 is 1.18 bits per heavy atom. The summed E-state index contributed by atoms with van der Waals surface area (Å²) in [5.41, 5.74) is 1.17. The minimum absolute atomic E-state index is 0.731. The molecule has 1 heterocycles. The van der Waals surface area contributed by atoms with Crippen LogP contribution in [0.4, 0.5) is 5.69 Å². The number of para-hydroxylation sites is 1. The molecule has 3 heteroatoms. The zero-order chi connectivity index (χ0) is 12.1. The summed E-state index contributed by atoms with van der Waals surface area (Å²) < 4.78 is 5.54. The van der Waals surface area contributed by atoms with E-state index in [2.05, 4.69) is 36.5 Å². The smallest absolute Gasteiger partial charge is 0.123 e. The Morgan fingerprint density at radius 3 is 2.71 bits per heavy atom. The van der Waals surface area contributed by atoms with Crippen molar-refractivity contribution in [2.75, 3.05) is 11.1 Å². The Kier molecular flexibility index (Phi) is 4.15. The minimum Gasteiger partial charge on any atom is -0.465 e. The summed E-state index contributed by atoms with van der Waals surface area (Å²) in [5.74, 6) is 3.01. The first-order chi connectivity index (χ1) is 8.29. The lowest BCUT2D eigenvalue weighted by Gasteiger charge is -2.09. The molecule has 17 heavy (non-hydrogen) atoms. The summed E-state index contributed by atoms with van der Waals surface area (Å²) in [5, 5.41) is 3.41. The topological polar surface area (TPSA) is 25.2 Å². The molecule has 0 radical (unpaired) electrons. The van der Waals surface area contributed by atoms with Gasteiger partial charge in [0.05, 0.1) is 6.54 Å². The van der Waals surface area contributed by atoms with Crippen LogP contribution in [0, 0.1) is 6.92 Å². The number of hydrogen-bond acceptors (Lipinski definition) is 3. The van der Waals surface area contributed by atoms with Gasteiger partial charge in [0.1, 0.15) is 11.5 Å². The van der Waals surface area contributed by atoms with Gasteiger partial charge in [-0.3, -0.25) is 0 Å². The van der Waals surface area contributed by atoms with Crippen molar-refractivity contribution in [3.8, 4) is 0 Å². The summed E-state index contributed by atoms with van der Waals surface area (Å²) in [4.78, 5) is 1.29. The van der Waals surface area contributed by atoms with Gasteiger partial charge in [-0.2, -0.15) is 0 Å². The quantitative estimate of drug-likeness (QED) is 0.797. The largest absolute Gasteiger partial charge is 0.465 e. The zero-order valence-electron chi connectivity index (χ0n) is 10.2. The second-order valence-corrected chi connectivity index (χ2v) is 5.10. The standard InChI is InChI=1S/C14H17NOS/c1-3-17-14-7-5-4-6-13(14)15-10-12-9-8-11(2)16-12/h4-9,15H,3,10H2,1-2H3. The summed E-state index contributed by atoms with van der Waals surface area (Å²) in [6, 6.07) is 12.4. The molecule has 1 aromatic heterocycles. The van der Waals surface area contributed by atoms with Gasteiger partial charge in [-0.05, 0) is 36.9 Å². The SMILES string of the molecule is CCSc1ccccc1NCc1ccc(C)o1. The van der Waals surface area contributed by atoms with Crippen LogP contribution in [-0.4, -0.2) is 5.75 Å². The Bertz CT molecular complexity index is 479. The highest BCUT2D eigenvalue weighted by molar-refractivity contribution is 7.99. The maximum atomic E-state index is 5.54. The number of thioether (sulfide) groups is 1. The third-order valence-electron chi connectivity index (χ3n) is 2.44. The maximum Gasteiger partial charge on any atom is 0.123 e. The molecule has 0 unspecified atom stereocenters. The molecule has 0 aliphatic heterocycles. The Balaban J connectivity index is 2.03. The first-order valence-electron chi connectivity index (χ1n) is 5.80. The molecule has 90 valence electrons. The summed E-state index contributed by atoms with van der Waals surface area (Å²) in [6.07, 6.45) is 0. The van der Waals surface area contributed by atoms with Crippen molar-refractivity contribution in [3.05, 3.63) is 47.9 Å². The molecule has 1 N–H and O–H groups in total. The normalized spacial score (nSPS) is 10.5. The van der Waals surface area contributed by atoms with Crippen molar-refractivity contribution < 1.29 is 4.42 Å². The molecule has 0 aliphatic carbocycles. The number of hydrogen-bond donors (Lipinski definition) is 1. The van der Waals surface area contributed by atoms with E-state index in [9.17, 15) is 0 Å². The Labute approximate surface area is 106 Å². The molecule has 2 aromatic rings. The van der Waals surface area contributed by atoms with E-state index >= 15 is 0 Å². The van der Waals surface area contributed by atoms with Gasteiger partial charge in [-0.25, -0.2) is 0 Å². The Hall–Kier alpha value is -1.35. The highest BCUT2D eigenvalue weighted by atomic mass is 32.2. The van der Waals surface area contributed by atoms with Gasteiger partial charge in [0.2, 0.25) is 0 Å². The lowest BCUT2D eigenvalue weighted by atomic mass is 10.3. The second-order valence-electron chi connectivity index (χ2n) is 3.80. The predicted molar refractivity (Wildman–Crippen MR) is 73.6 cm³/mol. The van der Waals surface area contributed by atoms with Crippen molar-refractivity contribution in [1.29, 1.82) is 0 Å². The molecule has 0 bridgehead atoms. The molecule has 0 saturated carbocycles. The summed E-state index contributed by atoms with van der Waals surface area (Å²) >= 11 is 1.85. The first-order valence-corrected chi connectivity index (χ1v) is 6.79. The average Bonchev–Trinajstić information content (AvgIpc) is 2.74. The number of furan rings is 1. The fourth-order valence-corrected chi connectivity index (χ4v) is 2.44. The fourth-order valence-electron chi connectivity index (χ4n) is 1.66. The van der Waals surface area contributed by atoms with E-state index in [1.54, 1.807) is 0 Å². The Morgan fingerprint density at radius 2 is 2.00 bits per heavy atom. The first kappa shape index (κ1) is 12.1. The van der Waals surface area contributed by atoms with Crippen LogP contribution in [-0.2, 0) is 6.54 Å². The van der Waals surface area contributed by atoms with Gasteiger partial charge in [-0.1, -0.05) is 19.1 Å². The maximum absolute atomic E-state index is 5.54. The van der Waals surface area contributed by atoms with E-state index in [1.165, 1.54) is 10.6 Å². The van der Waals surface area contributed by atoms with E-state index in [1.807, 2.05) is 30.8 Å². The van der Waals surface area contributed by atoms with Crippen molar-refractivity contribution in [2.45, 2.75) is 25.3 Å².